The molecule has 8 nitrogen and oxygen atoms in total. The van der Waals surface area contributed by atoms with Crippen molar-refractivity contribution in [2.45, 2.75) is 71.1 Å². The van der Waals surface area contributed by atoms with E-state index in [9.17, 15) is 14.4 Å². The van der Waals surface area contributed by atoms with Gasteiger partial charge in [-0.3, -0.25) is 19.3 Å². The Kier molecular flexibility index (Phi) is 14.1. The first-order valence-electron chi connectivity index (χ1n) is 12.9. The van der Waals surface area contributed by atoms with Crippen LogP contribution in [0.2, 0.25) is 0 Å². The van der Waals surface area contributed by atoms with E-state index in [1.807, 2.05) is 25.1 Å². The number of ether oxygens (including phenoxy) is 2. The molecule has 0 unspecified atom stereocenters. The van der Waals surface area contributed by atoms with Crippen molar-refractivity contribution in [2.75, 3.05) is 26.8 Å². The highest BCUT2D eigenvalue weighted by molar-refractivity contribution is 8.26. The molecule has 0 radical (unpaired) electrons. The van der Waals surface area contributed by atoms with Crippen molar-refractivity contribution in [1.82, 2.24) is 10.2 Å². The van der Waals surface area contributed by atoms with E-state index in [0.29, 0.717) is 33.9 Å². The normalized spacial score (nSPS) is 14.3. The summed E-state index contributed by atoms with van der Waals surface area (Å²) in [5.41, 5.74) is 0.803. The number of methoxy groups -OCH3 is 1. The largest absolute Gasteiger partial charge is 0.493 e. The molecule has 37 heavy (non-hydrogen) atoms. The summed E-state index contributed by atoms with van der Waals surface area (Å²) >= 11 is 6.61. The fourth-order valence-corrected chi connectivity index (χ4v) is 5.19. The van der Waals surface area contributed by atoms with Crippen LogP contribution in [0.3, 0.4) is 0 Å². The molecule has 2 N–H and O–H groups in total. The van der Waals surface area contributed by atoms with Gasteiger partial charge in [-0.05, 0) is 43.5 Å². The van der Waals surface area contributed by atoms with Gasteiger partial charge < -0.3 is 19.9 Å². The molecule has 1 saturated heterocycles. The number of benzene rings is 1. The molecule has 0 bridgehead atoms. The van der Waals surface area contributed by atoms with Gasteiger partial charge in [-0.2, -0.15) is 0 Å². The third kappa shape index (κ3) is 11.1. The number of carbonyl (C=O) groups is 3. The third-order valence-electron chi connectivity index (χ3n) is 5.86. The fourth-order valence-electron chi connectivity index (χ4n) is 3.88. The second kappa shape index (κ2) is 17.0. The smallest absolute Gasteiger partial charge is 0.303 e. The van der Waals surface area contributed by atoms with Crippen molar-refractivity contribution in [1.29, 1.82) is 0 Å². The molecule has 1 aromatic rings. The highest BCUT2D eigenvalue weighted by atomic mass is 32.2. The number of carboxylic acid groups (broad SMARTS) is 1. The Bertz CT molecular complexity index is 966. The number of nitrogens with zero attached hydrogens (tertiary/aromatic N) is 1. The van der Waals surface area contributed by atoms with E-state index in [0.717, 1.165) is 56.9 Å². The maximum atomic E-state index is 12.9. The van der Waals surface area contributed by atoms with Gasteiger partial charge in [0.2, 0.25) is 5.91 Å². The number of aliphatic carboxylic acids is 1. The monoisotopic (exact) mass is 550 g/mol. The quantitative estimate of drug-likeness (QED) is 0.142. The summed E-state index contributed by atoms with van der Waals surface area (Å²) in [5.74, 6) is 0.228. The predicted octanol–water partition coefficient (Wildman–Crippen LogP) is 5.40. The van der Waals surface area contributed by atoms with E-state index in [4.69, 9.17) is 26.8 Å². The number of unbranched alkanes of at least 4 members (excludes halogenated alkanes) is 7. The van der Waals surface area contributed by atoms with Gasteiger partial charge in [0, 0.05) is 25.9 Å². The predicted molar refractivity (Wildman–Crippen MR) is 151 cm³/mol. The van der Waals surface area contributed by atoms with Crippen LogP contribution in [-0.4, -0.2) is 58.9 Å². The van der Waals surface area contributed by atoms with Gasteiger partial charge in [0.05, 0.1) is 18.6 Å². The van der Waals surface area contributed by atoms with Crippen LogP contribution in [0, 0.1) is 0 Å². The van der Waals surface area contributed by atoms with E-state index in [1.165, 1.54) is 16.7 Å². The first-order valence-corrected chi connectivity index (χ1v) is 14.1. The summed E-state index contributed by atoms with van der Waals surface area (Å²) in [4.78, 5) is 37.6. The Morgan fingerprint density at radius 3 is 2.38 bits per heavy atom. The minimum absolute atomic E-state index is 0.0901. The second-order valence-corrected chi connectivity index (χ2v) is 10.4. The Labute approximate surface area is 229 Å². The van der Waals surface area contributed by atoms with E-state index in [1.54, 1.807) is 13.2 Å². The van der Waals surface area contributed by atoms with Gasteiger partial charge in [0.15, 0.2) is 11.5 Å². The molecular weight excluding hydrogens is 512 g/mol. The lowest BCUT2D eigenvalue weighted by atomic mass is 10.1. The maximum absolute atomic E-state index is 12.9. The van der Waals surface area contributed by atoms with Gasteiger partial charge in [0.25, 0.3) is 5.91 Å². The average Bonchev–Trinajstić information content (AvgIpc) is 3.13. The third-order valence-corrected chi connectivity index (χ3v) is 7.24. The van der Waals surface area contributed by atoms with Crippen molar-refractivity contribution in [3.8, 4) is 11.5 Å². The molecule has 0 spiro atoms. The highest BCUT2D eigenvalue weighted by Gasteiger charge is 2.32. The second-order valence-electron chi connectivity index (χ2n) is 8.75. The molecule has 0 aromatic heterocycles. The van der Waals surface area contributed by atoms with Crippen LogP contribution < -0.4 is 14.8 Å². The highest BCUT2D eigenvalue weighted by Crippen LogP contribution is 2.34. The van der Waals surface area contributed by atoms with Gasteiger partial charge >= 0.3 is 5.97 Å². The molecule has 204 valence electrons. The molecular formula is C27H38N2O6S2. The number of amides is 2. The van der Waals surface area contributed by atoms with E-state index >= 15 is 0 Å². The van der Waals surface area contributed by atoms with Crippen LogP contribution in [0.25, 0.3) is 6.08 Å². The number of carbonyl (C=O) groups excluding carboxylic acids is 2. The molecule has 1 fully saturated rings. The maximum Gasteiger partial charge on any atom is 0.303 e. The van der Waals surface area contributed by atoms with Crippen LogP contribution in [0.1, 0.15) is 76.7 Å². The zero-order chi connectivity index (χ0) is 27.0. The molecule has 1 aliphatic heterocycles. The van der Waals surface area contributed by atoms with Crippen molar-refractivity contribution >= 4 is 52.2 Å². The Hall–Kier alpha value is -2.59. The van der Waals surface area contributed by atoms with Crippen molar-refractivity contribution in [3.05, 3.63) is 28.7 Å². The molecule has 1 aromatic carbocycles. The van der Waals surface area contributed by atoms with E-state index < -0.39 is 5.97 Å². The lowest BCUT2D eigenvalue weighted by Crippen LogP contribution is -2.33. The topological polar surface area (TPSA) is 105 Å². The molecule has 0 saturated carbocycles. The van der Waals surface area contributed by atoms with Crippen LogP contribution >= 0.6 is 24.0 Å². The number of thiocarbonyl (C=S) groups is 1. The number of hydrogen-bond donors (Lipinski definition) is 2. The summed E-state index contributed by atoms with van der Waals surface area (Å²) in [6, 6.07) is 5.48. The molecule has 0 atom stereocenters. The molecule has 10 heteroatoms. The van der Waals surface area contributed by atoms with E-state index in [-0.39, 0.29) is 31.2 Å². The molecule has 1 aliphatic rings. The van der Waals surface area contributed by atoms with E-state index in [2.05, 4.69) is 5.32 Å². The lowest BCUT2D eigenvalue weighted by Gasteiger charge is -2.14. The number of hydrogen-bond acceptors (Lipinski definition) is 7. The van der Waals surface area contributed by atoms with Crippen LogP contribution in [0.4, 0.5) is 0 Å². The summed E-state index contributed by atoms with van der Waals surface area (Å²) < 4.78 is 11.4. The van der Waals surface area contributed by atoms with Crippen molar-refractivity contribution in [2.24, 2.45) is 0 Å². The summed E-state index contributed by atoms with van der Waals surface area (Å²) in [6.07, 6.45) is 10.4. The molecule has 0 aliphatic carbocycles. The summed E-state index contributed by atoms with van der Waals surface area (Å²) in [5, 5.41) is 11.5. The molecule has 2 rings (SSSR count). The van der Waals surface area contributed by atoms with Gasteiger partial charge in [0.1, 0.15) is 4.32 Å². The summed E-state index contributed by atoms with van der Waals surface area (Å²) in [6.45, 7) is 3.30. The Morgan fingerprint density at radius 2 is 1.73 bits per heavy atom. The number of carboxylic acids is 1. The zero-order valence-corrected chi connectivity index (χ0v) is 23.4. The minimum Gasteiger partial charge on any atom is -0.493 e. The van der Waals surface area contributed by atoms with Crippen molar-refractivity contribution in [3.63, 3.8) is 0 Å². The minimum atomic E-state index is -0.723. The Morgan fingerprint density at radius 1 is 1.05 bits per heavy atom. The standard InChI is InChI=1S/C27H38N2O6S2/c1-3-35-21-14-13-20(18-22(21)34-2)19-23-26(33)29(27(36)37-23)17-15-24(30)28-16-11-9-7-5-4-6-8-10-12-25(31)32/h13-14,18-19H,3-12,15-17H2,1-2H3,(H,28,30)(H,31,32)/b23-19-. The van der Waals surface area contributed by atoms with Crippen LogP contribution in [0.15, 0.2) is 23.1 Å². The first-order chi connectivity index (χ1) is 17.8. The van der Waals surface area contributed by atoms with Crippen molar-refractivity contribution < 1.29 is 29.0 Å². The molecule has 1 heterocycles. The lowest BCUT2D eigenvalue weighted by molar-refractivity contribution is -0.137. The molecule has 2 amide bonds. The Balaban J connectivity index is 1.66. The van der Waals surface area contributed by atoms with Gasteiger partial charge in [-0.25, -0.2) is 0 Å². The van der Waals surface area contributed by atoms with Gasteiger partial charge in [-0.15, -0.1) is 0 Å². The number of rotatable bonds is 18. The summed E-state index contributed by atoms with van der Waals surface area (Å²) in [7, 11) is 1.57. The first kappa shape index (κ1) is 30.6. The van der Waals surface area contributed by atoms with Crippen LogP contribution in [0.5, 0.6) is 11.5 Å². The SMILES string of the molecule is CCOc1ccc(/C=C2\SC(=S)N(CCC(=O)NCCCCCCCCCCC(=O)O)C2=O)cc1OC. The van der Waals surface area contributed by atoms with Crippen LogP contribution in [-0.2, 0) is 14.4 Å². The van der Waals surface area contributed by atoms with Gasteiger partial charge in [-0.1, -0.05) is 68.6 Å². The fraction of sp³-hybridized carbons (Fsp3) is 0.556. The number of nitrogens with one attached hydrogen (secondary N) is 1. The zero-order valence-electron chi connectivity index (χ0n) is 21.8. The average molecular weight is 551 g/mol. The number of thioether (sulfide) groups is 1.